The van der Waals surface area contributed by atoms with Crippen LogP contribution in [-0.4, -0.2) is 38.9 Å². The molecule has 7 heteroatoms. The SMILES string of the molecule is COc1cc(CCC(=O)NCCc2cc(Br)c(OC)c(OC)c2)ccc1O. The number of phenols is 1. The third-order valence-electron chi connectivity index (χ3n) is 4.11. The number of amides is 1. The van der Waals surface area contributed by atoms with Crippen LogP contribution in [0.2, 0.25) is 0 Å². The van der Waals surface area contributed by atoms with Crippen molar-refractivity contribution >= 4 is 21.8 Å². The molecule has 146 valence electrons. The molecular formula is C20H24BrNO5. The molecule has 0 atom stereocenters. The maximum atomic E-state index is 12.1. The summed E-state index contributed by atoms with van der Waals surface area (Å²) in [4.78, 5) is 12.1. The number of hydrogen-bond acceptors (Lipinski definition) is 5. The number of phenolic OH excluding ortho intramolecular Hbond substituents is 1. The van der Waals surface area contributed by atoms with E-state index in [0.717, 1.165) is 15.6 Å². The van der Waals surface area contributed by atoms with Gasteiger partial charge in [-0.1, -0.05) is 6.07 Å². The number of benzene rings is 2. The Labute approximate surface area is 167 Å². The molecule has 0 aliphatic rings. The zero-order chi connectivity index (χ0) is 19.8. The second-order valence-corrected chi connectivity index (χ2v) is 6.77. The van der Waals surface area contributed by atoms with E-state index >= 15 is 0 Å². The van der Waals surface area contributed by atoms with Crippen LogP contribution in [0.25, 0.3) is 0 Å². The van der Waals surface area contributed by atoms with Gasteiger partial charge >= 0.3 is 0 Å². The number of aryl methyl sites for hydroxylation is 1. The molecule has 0 aliphatic heterocycles. The maximum absolute atomic E-state index is 12.1. The normalized spacial score (nSPS) is 10.4. The van der Waals surface area contributed by atoms with Crippen molar-refractivity contribution in [3.63, 3.8) is 0 Å². The lowest BCUT2D eigenvalue weighted by atomic mass is 10.1. The van der Waals surface area contributed by atoms with E-state index < -0.39 is 0 Å². The lowest BCUT2D eigenvalue weighted by Crippen LogP contribution is -2.25. The van der Waals surface area contributed by atoms with E-state index in [4.69, 9.17) is 14.2 Å². The Morgan fingerprint density at radius 3 is 2.37 bits per heavy atom. The average molecular weight is 438 g/mol. The summed E-state index contributed by atoms with van der Waals surface area (Å²) in [6, 6.07) is 8.95. The topological polar surface area (TPSA) is 77.0 Å². The highest BCUT2D eigenvalue weighted by Gasteiger charge is 2.11. The molecule has 0 heterocycles. The molecule has 2 N–H and O–H groups in total. The molecule has 0 saturated heterocycles. The quantitative estimate of drug-likeness (QED) is 0.627. The van der Waals surface area contributed by atoms with Crippen LogP contribution in [0.1, 0.15) is 17.5 Å². The van der Waals surface area contributed by atoms with Gasteiger partial charge in [0.2, 0.25) is 5.91 Å². The van der Waals surface area contributed by atoms with Gasteiger partial charge in [0.25, 0.3) is 0 Å². The summed E-state index contributed by atoms with van der Waals surface area (Å²) in [5.41, 5.74) is 1.96. The number of halogens is 1. The minimum absolute atomic E-state index is 0.0263. The van der Waals surface area contributed by atoms with Crippen LogP contribution in [0.3, 0.4) is 0 Å². The highest BCUT2D eigenvalue weighted by molar-refractivity contribution is 9.10. The molecule has 27 heavy (non-hydrogen) atoms. The van der Waals surface area contributed by atoms with Crippen molar-refractivity contribution in [3.8, 4) is 23.0 Å². The number of nitrogens with one attached hydrogen (secondary N) is 1. The van der Waals surface area contributed by atoms with E-state index in [0.29, 0.717) is 43.1 Å². The van der Waals surface area contributed by atoms with Crippen LogP contribution in [0.15, 0.2) is 34.8 Å². The van der Waals surface area contributed by atoms with Crippen molar-refractivity contribution in [3.05, 3.63) is 45.9 Å². The van der Waals surface area contributed by atoms with Crippen molar-refractivity contribution in [2.24, 2.45) is 0 Å². The van der Waals surface area contributed by atoms with E-state index in [9.17, 15) is 9.90 Å². The number of carbonyl (C=O) groups excluding carboxylic acids is 1. The molecule has 0 aliphatic carbocycles. The second kappa shape index (κ2) is 10.1. The molecule has 0 fully saturated rings. The minimum atomic E-state index is -0.0263. The second-order valence-electron chi connectivity index (χ2n) is 5.92. The van der Waals surface area contributed by atoms with E-state index in [1.54, 1.807) is 32.4 Å². The van der Waals surface area contributed by atoms with E-state index in [1.165, 1.54) is 7.11 Å². The first kappa shape index (κ1) is 20.9. The smallest absolute Gasteiger partial charge is 0.220 e. The van der Waals surface area contributed by atoms with Crippen LogP contribution in [0, 0.1) is 0 Å². The Hall–Kier alpha value is -2.41. The maximum Gasteiger partial charge on any atom is 0.220 e. The fraction of sp³-hybridized carbons (Fsp3) is 0.350. The standard InChI is InChI=1S/C20H24BrNO5/c1-25-17-11-13(4-6-16(17)23)5-7-19(24)22-9-8-14-10-15(21)20(27-3)18(12-14)26-2/h4,6,10-12,23H,5,7-9H2,1-3H3,(H,22,24). The fourth-order valence-corrected chi connectivity index (χ4v) is 3.34. The van der Waals surface area contributed by atoms with E-state index in [2.05, 4.69) is 21.2 Å². The number of aromatic hydroxyl groups is 1. The summed E-state index contributed by atoms with van der Waals surface area (Å²) in [7, 11) is 4.68. The Bertz CT molecular complexity index is 794. The van der Waals surface area contributed by atoms with Gasteiger partial charge in [-0.25, -0.2) is 0 Å². The Morgan fingerprint density at radius 2 is 1.70 bits per heavy atom. The Balaban J connectivity index is 1.83. The highest BCUT2D eigenvalue weighted by atomic mass is 79.9. The third kappa shape index (κ3) is 5.79. The molecule has 0 radical (unpaired) electrons. The van der Waals surface area contributed by atoms with Gasteiger partial charge in [0, 0.05) is 13.0 Å². The first-order valence-corrected chi connectivity index (χ1v) is 9.30. The molecule has 1 amide bonds. The predicted molar refractivity (Wildman–Crippen MR) is 107 cm³/mol. The molecule has 0 saturated carbocycles. The molecule has 2 aromatic rings. The summed E-state index contributed by atoms with van der Waals surface area (Å²) in [5.74, 6) is 1.77. The van der Waals surface area contributed by atoms with Gasteiger partial charge < -0.3 is 24.6 Å². The number of methoxy groups -OCH3 is 3. The van der Waals surface area contributed by atoms with Gasteiger partial charge in [0.1, 0.15) is 0 Å². The number of ether oxygens (including phenoxy) is 3. The molecule has 0 spiro atoms. The lowest BCUT2D eigenvalue weighted by molar-refractivity contribution is -0.121. The molecule has 2 aromatic carbocycles. The Morgan fingerprint density at radius 1 is 1.00 bits per heavy atom. The molecule has 0 bridgehead atoms. The van der Waals surface area contributed by atoms with Gasteiger partial charge in [0.05, 0.1) is 25.8 Å². The summed E-state index contributed by atoms with van der Waals surface area (Å²) in [6.07, 6.45) is 1.62. The summed E-state index contributed by atoms with van der Waals surface area (Å²) in [5, 5.41) is 12.5. The summed E-state index contributed by atoms with van der Waals surface area (Å²) in [6.45, 7) is 0.527. The first-order chi connectivity index (χ1) is 13.0. The molecule has 6 nitrogen and oxygen atoms in total. The van der Waals surface area contributed by atoms with Crippen molar-refractivity contribution in [1.29, 1.82) is 0 Å². The molecular weight excluding hydrogens is 414 g/mol. The largest absolute Gasteiger partial charge is 0.504 e. The van der Waals surface area contributed by atoms with E-state index in [1.807, 2.05) is 12.1 Å². The monoisotopic (exact) mass is 437 g/mol. The summed E-state index contributed by atoms with van der Waals surface area (Å²) < 4.78 is 16.5. The van der Waals surface area contributed by atoms with Gasteiger partial charge in [-0.05, 0) is 64.2 Å². The Kier molecular flexibility index (Phi) is 7.79. The van der Waals surface area contributed by atoms with Gasteiger partial charge in [-0.3, -0.25) is 4.79 Å². The van der Waals surface area contributed by atoms with E-state index in [-0.39, 0.29) is 11.7 Å². The number of rotatable bonds is 9. The lowest BCUT2D eigenvalue weighted by Gasteiger charge is -2.12. The highest BCUT2D eigenvalue weighted by Crippen LogP contribution is 2.36. The average Bonchev–Trinajstić information content (AvgIpc) is 2.66. The predicted octanol–water partition coefficient (Wildman–Crippen LogP) is 3.47. The first-order valence-electron chi connectivity index (χ1n) is 8.51. The molecule has 2 rings (SSSR count). The van der Waals surface area contributed by atoms with Crippen molar-refractivity contribution in [1.82, 2.24) is 5.32 Å². The minimum Gasteiger partial charge on any atom is -0.504 e. The van der Waals surface area contributed by atoms with Crippen LogP contribution < -0.4 is 19.5 Å². The zero-order valence-electron chi connectivity index (χ0n) is 15.7. The van der Waals surface area contributed by atoms with Gasteiger partial charge in [0.15, 0.2) is 23.0 Å². The van der Waals surface area contributed by atoms with Crippen LogP contribution in [0.4, 0.5) is 0 Å². The van der Waals surface area contributed by atoms with Crippen LogP contribution >= 0.6 is 15.9 Å². The molecule has 0 unspecified atom stereocenters. The fourth-order valence-electron chi connectivity index (χ4n) is 2.69. The van der Waals surface area contributed by atoms with Crippen LogP contribution in [-0.2, 0) is 17.6 Å². The van der Waals surface area contributed by atoms with Gasteiger partial charge in [-0.2, -0.15) is 0 Å². The number of carbonyl (C=O) groups is 1. The van der Waals surface area contributed by atoms with Gasteiger partial charge in [-0.15, -0.1) is 0 Å². The third-order valence-corrected chi connectivity index (χ3v) is 4.70. The molecule has 0 aromatic heterocycles. The van der Waals surface area contributed by atoms with Crippen molar-refractivity contribution in [2.45, 2.75) is 19.3 Å². The van der Waals surface area contributed by atoms with Crippen molar-refractivity contribution < 1.29 is 24.1 Å². The number of hydrogen-bond donors (Lipinski definition) is 2. The van der Waals surface area contributed by atoms with Crippen molar-refractivity contribution in [2.75, 3.05) is 27.9 Å². The summed E-state index contributed by atoms with van der Waals surface area (Å²) >= 11 is 3.47. The zero-order valence-corrected chi connectivity index (χ0v) is 17.3. The van der Waals surface area contributed by atoms with Crippen LogP contribution in [0.5, 0.6) is 23.0 Å².